The Morgan fingerprint density at radius 3 is 2.29 bits per heavy atom. The summed E-state index contributed by atoms with van der Waals surface area (Å²) in [6.45, 7) is 3.23. The molecule has 1 atom stereocenters. The molecule has 1 heterocycles. The highest BCUT2D eigenvalue weighted by Gasteiger charge is 2.44. The average Bonchev–Trinajstić information content (AvgIpc) is 3.04. The number of aliphatic hydroxyl groups excluding tert-OH is 1. The van der Waals surface area contributed by atoms with Gasteiger partial charge in [0.25, 0.3) is 5.91 Å². The molecule has 8 nitrogen and oxygen atoms in total. The fourth-order valence-corrected chi connectivity index (χ4v) is 3.55. The lowest BCUT2D eigenvalue weighted by molar-refractivity contribution is -0.117. The van der Waals surface area contributed by atoms with Crippen molar-refractivity contribution in [3.05, 3.63) is 64.9 Å². The van der Waals surface area contributed by atoms with Gasteiger partial charge in [-0.05, 0) is 56.3 Å². The zero-order chi connectivity index (χ0) is 22.7. The van der Waals surface area contributed by atoms with Crippen molar-refractivity contribution in [3.63, 3.8) is 0 Å². The lowest BCUT2D eigenvalue weighted by atomic mass is 9.95. The zero-order valence-electron chi connectivity index (χ0n) is 17.7. The number of benzene rings is 2. The first-order chi connectivity index (χ1) is 14.8. The molecule has 0 fully saturated rings. The number of anilines is 1. The molecule has 2 aromatic rings. The molecule has 0 saturated carbocycles. The number of hydrogen-bond acceptors (Lipinski definition) is 7. The molecule has 0 saturated heterocycles. The second-order valence-electron chi connectivity index (χ2n) is 6.77. The van der Waals surface area contributed by atoms with Gasteiger partial charge in [-0.2, -0.15) is 0 Å². The summed E-state index contributed by atoms with van der Waals surface area (Å²) in [7, 11) is 2.97. The molecule has 0 aromatic heterocycles. The third-order valence-electron chi connectivity index (χ3n) is 4.98. The number of carbonyl (C=O) groups excluding carboxylic acids is 3. The summed E-state index contributed by atoms with van der Waals surface area (Å²) in [6, 6.07) is 10.2. The summed E-state index contributed by atoms with van der Waals surface area (Å²) in [6.07, 6.45) is 0. The Hall–Kier alpha value is -3.81. The number of ether oxygens (including phenoxy) is 3. The number of nitrogens with zero attached hydrogens (tertiary/aromatic N) is 1. The number of aliphatic hydroxyl groups is 1. The molecular weight excluding hydrogens is 402 g/mol. The van der Waals surface area contributed by atoms with Crippen LogP contribution in [0.5, 0.6) is 11.5 Å². The third kappa shape index (κ3) is 3.96. The van der Waals surface area contributed by atoms with Crippen LogP contribution in [0.2, 0.25) is 0 Å². The molecule has 1 aliphatic heterocycles. The van der Waals surface area contributed by atoms with Crippen molar-refractivity contribution in [2.24, 2.45) is 0 Å². The van der Waals surface area contributed by atoms with Gasteiger partial charge in [0.2, 0.25) is 0 Å². The van der Waals surface area contributed by atoms with Gasteiger partial charge < -0.3 is 19.3 Å². The molecule has 162 valence electrons. The first-order valence-electron chi connectivity index (χ1n) is 9.60. The number of amides is 1. The van der Waals surface area contributed by atoms with Crippen LogP contribution in [0.25, 0.3) is 0 Å². The molecule has 2 aromatic carbocycles. The number of ketones is 1. The second kappa shape index (κ2) is 8.91. The normalized spacial score (nSPS) is 15.8. The molecule has 0 unspecified atom stereocenters. The summed E-state index contributed by atoms with van der Waals surface area (Å²) in [4.78, 5) is 38.6. The predicted octanol–water partition coefficient (Wildman–Crippen LogP) is 3.37. The number of rotatable bonds is 7. The van der Waals surface area contributed by atoms with Gasteiger partial charge in [-0.15, -0.1) is 0 Å². The van der Waals surface area contributed by atoms with E-state index in [1.54, 1.807) is 37.3 Å². The van der Waals surface area contributed by atoms with Crippen molar-refractivity contribution in [2.45, 2.75) is 19.9 Å². The van der Waals surface area contributed by atoms with Gasteiger partial charge >= 0.3 is 5.97 Å². The Bertz CT molecular complexity index is 1060. The zero-order valence-corrected chi connectivity index (χ0v) is 17.7. The number of Topliss-reactive ketones (excluding diaryl/α,β-unsaturated/α-hetero) is 1. The van der Waals surface area contributed by atoms with E-state index in [0.29, 0.717) is 28.3 Å². The Morgan fingerprint density at radius 1 is 1.06 bits per heavy atom. The SMILES string of the molecule is CCOC(=O)c1ccc(N2C(=O)C(O)=C(C(C)=O)[C@H]2c2cc(OC)ccc2OC)cc1. The van der Waals surface area contributed by atoms with Crippen LogP contribution >= 0.6 is 0 Å². The van der Waals surface area contributed by atoms with Gasteiger partial charge in [0.15, 0.2) is 11.5 Å². The molecule has 8 heteroatoms. The van der Waals surface area contributed by atoms with Gasteiger partial charge in [-0.25, -0.2) is 4.79 Å². The molecular formula is C23H23NO7. The van der Waals surface area contributed by atoms with E-state index >= 15 is 0 Å². The number of methoxy groups -OCH3 is 2. The number of carbonyl (C=O) groups is 3. The average molecular weight is 425 g/mol. The van der Waals surface area contributed by atoms with E-state index in [9.17, 15) is 19.5 Å². The van der Waals surface area contributed by atoms with Crippen LogP contribution < -0.4 is 14.4 Å². The fourth-order valence-electron chi connectivity index (χ4n) is 3.55. The minimum absolute atomic E-state index is 0.0500. The molecule has 3 rings (SSSR count). The molecule has 0 bridgehead atoms. The third-order valence-corrected chi connectivity index (χ3v) is 4.98. The summed E-state index contributed by atoms with van der Waals surface area (Å²) >= 11 is 0. The summed E-state index contributed by atoms with van der Waals surface area (Å²) in [5.74, 6) is -1.39. The van der Waals surface area contributed by atoms with Crippen molar-refractivity contribution in [3.8, 4) is 11.5 Å². The van der Waals surface area contributed by atoms with E-state index in [0.717, 1.165) is 0 Å². The molecule has 0 spiro atoms. The topological polar surface area (TPSA) is 102 Å². The summed E-state index contributed by atoms with van der Waals surface area (Å²) in [5.41, 5.74) is 1.12. The lowest BCUT2D eigenvalue weighted by Crippen LogP contribution is -2.31. The van der Waals surface area contributed by atoms with E-state index in [-0.39, 0.29) is 12.2 Å². The van der Waals surface area contributed by atoms with Crippen LogP contribution in [0.15, 0.2) is 53.8 Å². The Kier molecular flexibility index (Phi) is 6.29. The van der Waals surface area contributed by atoms with Gasteiger partial charge in [0.1, 0.15) is 11.5 Å². The standard InChI is InChI=1S/C23H23NO7/c1-5-31-23(28)14-6-8-15(9-7-14)24-20(19(13(2)25)21(26)22(24)27)17-12-16(29-3)10-11-18(17)30-4/h6-12,20,26H,5H2,1-4H3/t20-/m1/s1. The van der Waals surface area contributed by atoms with Crippen LogP contribution in [-0.2, 0) is 14.3 Å². The maximum Gasteiger partial charge on any atom is 0.338 e. The van der Waals surface area contributed by atoms with E-state index in [1.165, 1.54) is 38.2 Å². The molecule has 0 radical (unpaired) electrons. The number of hydrogen-bond donors (Lipinski definition) is 1. The molecule has 0 aliphatic carbocycles. The predicted molar refractivity (Wildman–Crippen MR) is 113 cm³/mol. The largest absolute Gasteiger partial charge is 0.503 e. The van der Waals surface area contributed by atoms with Crippen molar-refractivity contribution in [2.75, 3.05) is 25.7 Å². The maximum atomic E-state index is 13.0. The maximum absolute atomic E-state index is 13.0. The van der Waals surface area contributed by atoms with E-state index < -0.39 is 29.5 Å². The Balaban J connectivity index is 2.15. The fraction of sp³-hybridized carbons (Fsp3) is 0.261. The van der Waals surface area contributed by atoms with Crippen molar-refractivity contribution in [1.82, 2.24) is 0 Å². The minimum atomic E-state index is -0.941. The molecule has 1 N–H and O–H groups in total. The number of esters is 1. The van der Waals surface area contributed by atoms with Crippen LogP contribution in [0.1, 0.15) is 35.8 Å². The highest BCUT2D eigenvalue weighted by Crippen LogP contribution is 2.44. The quantitative estimate of drug-likeness (QED) is 0.679. The lowest BCUT2D eigenvalue weighted by Gasteiger charge is -2.28. The highest BCUT2D eigenvalue weighted by molar-refractivity contribution is 6.16. The second-order valence-corrected chi connectivity index (χ2v) is 6.77. The van der Waals surface area contributed by atoms with Crippen molar-refractivity contribution >= 4 is 23.3 Å². The summed E-state index contributed by atoms with van der Waals surface area (Å²) < 4.78 is 15.7. The Morgan fingerprint density at radius 2 is 1.74 bits per heavy atom. The minimum Gasteiger partial charge on any atom is -0.503 e. The molecule has 1 aliphatic rings. The van der Waals surface area contributed by atoms with Crippen molar-refractivity contribution in [1.29, 1.82) is 0 Å². The van der Waals surface area contributed by atoms with Gasteiger partial charge in [0, 0.05) is 11.3 Å². The molecule has 1 amide bonds. The van der Waals surface area contributed by atoms with Crippen LogP contribution in [0.3, 0.4) is 0 Å². The van der Waals surface area contributed by atoms with Crippen LogP contribution in [0, 0.1) is 0 Å². The highest BCUT2D eigenvalue weighted by atomic mass is 16.5. The van der Waals surface area contributed by atoms with Gasteiger partial charge in [0.05, 0.1) is 38.0 Å². The van der Waals surface area contributed by atoms with Gasteiger partial charge in [-0.3, -0.25) is 14.5 Å². The van der Waals surface area contributed by atoms with E-state index in [4.69, 9.17) is 14.2 Å². The van der Waals surface area contributed by atoms with Crippen LogP contribution in [-0.4, -0.2) is 43.6 Å². The molecule has 31 heavy (non-hydrogen) atoms. The van der Waals surface area contributed by atoms with Gasteiger partial charge in [-0.1, -0.05) is 0 Å². The van der Waals surface area contributed by atoms with Crippen molar-refractivity contribution < 1.29 is 33.7 Å². The van der Waals surface area contributed by atoms with E-state index in [1.807, 2.05) is 0 Å². The smallest absolute Gasteiger partial charge is 0.338 e. The van der Waals surface area contributed by atoms with E-state index in [2.05, 4.69) is 0 Å². The summed E-state index contributed by atoms with van der Waals surface area (Å²) in [5, 5.41) is 10.5. The van der Waals surface area contributed by atoms with Crippen LogP contribution in [0.4, 0.5) is 5.69 Å². The Labute approximate surface area is 179 Å². The monoisotopic (exact) mass is 425 g/mol. The first-order valence-corrected chi connectivity index (χ1v) is 9.60. The first kappa shape index (κ1) is 21.9.